The van der Waals surface area contributed by atoms with Crippen LogP contribution in [0.1, 0.15) is 19.2 Å². The number of hydrogen-bond acceptors (Lipinski definition) is 4. The van der Waals surface area contributed by atoms with Crippen molar-refractivity contribution in [1.82, 2.24) is 20.5 Å². The molecule has 0 spiro atoms. The van der Waals surface area contributed by atoms with Crippen LogP contribution in [0.15, 0.2) is 6.33 Å². The minimum atomic E-state index is -0.00375. The molecule has 15 heavy (non-hydrogen) atoms. The van der Waals surface area contributed by atoms with Crippen LogP contribution in [0.25, 0.3) is 0 Å². The van der Waals surface area contributed by atoms with Crippen LogP contribution in [0.2, 0.25) is 0 Å². The van der Waals surface area contributed by atoms with Crippen molar-refractivity contribution < 1.29 is 9.53 Å². The van der Waals surface area contributed by atoms with E-state index in [2.05, 4.69) is 20.5 Å². The van der Waals surface area contributed by atoms with E-state index in [1.807, 2.05) is 6.92 Å². The second-order valence-corrected chi connectivity index (χ2v) is 3.47. The molecule has 0 aliphatic heterocycles. The molecule has 0 saturated carbocycles. The van der Waals surface area contributed by atoms with Crippen LogP contribution in [0.4, 0.5) is 0 Å². The molecule has 0 fully saturated rings. The van der Waals surface area contributed by atoms with Gasteiger partial charge in [-0.15, -0.1) is 0 Å². The van der Waals surface area contributed by atoms with Gasteiger partial charge in [-0.25, -0.2) is 4.98 Å². The van der Waals surface area contributed by atoms with Gasteiger partial charge in [0.05, 0.1) is 6.54 Å². The summed E-state index contributed by atoms with van der Waals surface area (Å²) in [5.74, 6) is 0.878. The van der Waals surface area contributed by atoms with E-state index in [-0.39, 0.29) is 11.8 Å². The van der Waals surface area contributed by atoms with Crippen molar-refractivity contribution in [2.24, 2.45) is 5.92 Å². The molecule has 6 heteroatoms. The zero-order valence-electron chi connectivity index (χ0n) is 8.99. The van der Waals surface area contributed by atoms with Crippen LogP contribution in [0, 0.1) is 5.92 Å². The molecule has 1 aromatic heterocycles. The predicted molar refractivity (Wildman–Crippen MR) is 53.9 cm³/mol. The van der Waals surface area contributed by atoms with E-state index >= 15 is 0 Å². The molecule has 1 aromatic rings. The van der Waals surface area contributed by atoms with E-state index in [4.69, 9.17) is 4.74 Å². The molecule has 0 radical (unpaired) electrons. The van der Waals surface area contributed by atoms with E-state index in [1.165, 1.54) is 6.33 Å². The lowest BCUT2D eigenvalue weighted by Crippen LogP contribution is -2.26. The molecule has 0 aromatic carbocycles. The molecule has 84 valence electrons. The van der Waals surface area contributed by atoms with Crippen molar-refractivity contribution in [3.63, 3.8) is 0 Å². The van der Waals surface area contributed by atoms with Crippen LogP contribution in [-0.4, -0.2) is 34.8 Å². The van der Waals surface area contributed by atoms with Gasteiger partial charge in [0, 0.05) is 20.1 Å². The summed E-state index contributed by atoms with van der Waals surface area (Å²) in [7, 11) is 1.63. The molecule has 1 amide bonds. The maximum atomic E-state index is 11.4. The lowest BCUT2D eigenvalue weighted by molar-refractivity contribution is -0.122. The summed E-state index contributed by atoms with van der Waals surface area (Å²) in [6, 6.07) is 0. The normalized spacial score (nSPS) is 12.4. The summed E-state index contributed by atoms with van der Waals surface area (Å²) in [4.78, 5) is 15.3. The molecule has 0 saturated heterocycles. The van der Waals surface area contributed by atoms with Crippen LogP contribution in [0.3, 0.4) is 0 Å². The average molecular weight is 212 g/mol. The Hall–Kier alpha value is -1.43. The third kappa shape index (κ3) is 4.55. The molecular formula is C9H16N4O2. The number of H-pyrrole nitrogens is 1. The maximum absolute atomic E-state index is 11.4. The second-order valence-electron chi connectivity index (χ2n) is 3.47. The fourth-order valence-electron chi connectivity index (χ4n) is 1.23. The van der Waals surface area contributed by atoms with Crippen molar-refractivity contribution in [3.05, 3.63) is 12.2 Å². The predicted octanol–water partition coefficient (Wildman–Crippen LogP) is 0.0935. The molecule has 0 bridgehead atoms. The maximum Gasteiger partial charge on any atom is 0.220 e. The first-order valence-electron chi connectivity index (χ1n) is 4.82. The van der Waals surface area contributed by atoms with E-state index in [9.17, 15) is 4.79 Å². The first kappa shape index (κ1) is 11.6. The molecule has 0 aliphatic rings. The van der Waals surface area contributed by atoms with E-state index < -0.39 is 0 Å². The lowest BCUT2D eigenvalue weighted by Gasteiger charge is -2.09. The van der Waals surface area contributed by atoms with Gasteiger partial charge in [0.25, 0.3) is 0 Å². The molecular weight excluding hydrogens is 196 g/mol. The van der Waals surface area contributed by atoms with E-state index in [1.54, 1.807) is 7.11 Å². The van der Waals surface area contributed by atoms with Crippen molar-refractivity contribution in [3.8, 4) is 0 Å². The highest BCUT2D eigenvalue weighted by molar-refractivity contribution is 5.75. The number of carbonyl (C=O) groups excluding carboxylic acids is 1. The number of nitrogens with one attached hydrogen (secondary N) is 2. The Kier molecular flexibility index (Phi) is 4.76. The Labute approximate surface area is 88.4 Å². The molecule has 1 atom stereocenters. The van der Waals surface area contributed by atoms with Gasteiger partial charge in [0.1, 0.15) is 12.2 Å². The van der Waals surface area contributed by atoms with Gasteiger partial charge in [-0.2, -0.15) is 5.10 Å². The van der Waals surface area contributed by atoms with Crippen LogP contribution in [0.5, 0.6) is 0 Å². The third-order valence-corrected chi connectivity index (χ3v) is 1.90. The Morgan fingerprint density at radius 3 is 3.13 bits per heavy atom. The Morgan fingerprint density at radius 1 is 1.73 bits per heavy atom. The van der Waals surface area contributed by atoms with Gasteiger partial charge >= 0.3 is 0 Å². The summed E-state index contributed by atoms with van der Waals surface area (Å²) >= 11 is 0. The van der Waals surface area contributed by atoms with Gasteiger partial charge in [-0.1, -0.05) is 6.92 Å². The van der Waals surface area contributed by atoms with E-state index in [0.717, 1.165) is 0 Å². The Morgan fingerprint density at radius 2 is 2.53 bits per heavy atom. The summed E-state index contributed by atoms with van der Waals surface area (Å²) < 4.78 is 4.95. The van der Waals surface area contributed by atoms with E-state index in [0.29, 0.717) is 25.4 Å². The number of aromatic nitrogens is 3. The SMILES string of the molecule is COCC(C)CC(=O)NCc1ncn[nH]1. The van der Waals surface area contributed by atoms with Gasteiger partial charge in [-0.05, 0) is 5.92 Å². The number of hydrogen-bond donors (Lipinski definition) is 2. The molecule has 1 rings (SSSR count). The number of ether oxygens (including phenoxy) is 1. The number of carbonyl (C=O) groups is 1. The highest BCUT2D eigenvalue weighted by atomic mass is 16.5. The highest BCUT2D eigenvalue weighted by Crippen LogP contribution is 2.01. The molecule has 6 nitrogen and oxygen atoms in total. The first-order chi connectivity index (χ1) is 7.22. The van der Waals surface area contributed by atoms with Crippen molar-refractivity contribution >= 4 is 5.91 Å². The third-order valence-electron chi connectivity index (χ3n) is 1.90. The second kappa shape index (κ2) is 6.13. The molecule has 0 aliphatic carbocycles. The standard InChI is InChI=1S/C9H16N4O2/c1-7(5-15-2)3-9(14)10-4-8-11-6-12-13-8/h6-7H,3-5H2,1-2H3,(H,10,14)(H,11,12,13). The number of aromatic amines is 1. The smallest absolute Gasteiger partial charge is 0.220 e. The fourth-order valence-corrected chi connectivity index (χ4v) is 1.23. The molecule has 2 N–H and O–H groups in total. The number of methoxy groups -OCH3 is 1. The van der Waals surface area contributed by atoms with Gasteiger partial charge in [0.15, 0.2) is 0 Å². The molecule has 1 heterocycles. The summed E-state index contributed by atoms with van der Waals surface area (Å²) in [5, 5.41) is 9.10. The number of nitrogens with zero attached hydrogens (tertiary/aromatic N) is 2. The lowest BCUT2D eigenvalue weighted by atomic mass is 10.1. The van der Waals surface area contributed by atoms with Gasteiger partial charge < -0.3 is 10.1 Å². The summed E-state index contributed by atoms with van der Waals surface area (Å²) in [5.41, 5.74) is 0. The quantitative estimate of drug-likeness (QED) is 0.700. The fraction of sp³-hybridized carbons (Fsp3) is 0.667. The van der Waals surface area contributed by atoms with Gasteiger partial charge in [-0.3, -0.25) is 9.89 Å². The minimum absolute atomic E-state index is 0.00375. The Bertz CT molecular complexity index is 286. The van der Waals surface area contributed by atoms with Crippen molar-refractivity contribution in [1.29, 1.82) is 0 Å². The van der Waals surface area contributed by atoms with Gasteiger partial charge in [0.2, 0.25) is 5.91 Å². The highest BCUT2D eigenvalue weighted by Gasteiger charge is 2.08. The topological polar surface area (TPSA) is 79.9 Å². The zero-order chi connectivity index (χ0) is 11.1. The first-order valence-corrected chi connectivity index (χ1v) is 4.82. The number of amides is 1. The van der Waals surface area contributed by atoms with Crippen LogP contribution >= 0.6 is 0 Å². The summed E-state index contributed by atoms with van der Waals surface area (Å²) in [6.45, 7) is 2.95. The van der Waals surface area contributed by atoms with Crippen molar-refractivity contribution in [2.45, 2.75) is 19.9 Å². The zero-order valence-corrected chi connectivity index (χ0v) is 8.99. The van der Waals surface area contributed by atoms with Crippen LogP contribution < -0.4 is 5.32 Å². The minimum Gasteiger partial charge on any atom is -0.384 e. The summed E-state index contributed by atoms with van der Waals surface area (Å²) in [6.07, 6.45) is 1.87. The molecule has 1 unspecified atom stereocenters. The van der Waals surface area contributed by atoms with Crippen molar-refractivity contribution in [2.75, 3.05) is 13.7 Å². The largest absolute Gasteiger partial charge is 0.384 e. The van der Waals surface area contributed by atoms with Crippen LogP contribution in [-0.2, 0) is 16.1 Å². The average Bonchev–Trinajstić information content (AvgIpc) is 2.67. The number of rotatable bonds is 6. The monoisotopic (exact) mass is 212 g/mol. The Balaban J connectivity index is 2.19.